The molecule has 1 saturated carbocycles. The van der Waals surface area contributed by atoms with E-state index in [0.717, 1.165) is 42.0 Å². The molecule has 1 fully saturated rings. The molecule has 186 valence electrons. The highest BCUT2D eigenvalue weighted by Crippen LogP contribution is 2.26. The van der Waals surface area contributed by atoms with Gasteiger partial charge in [-0.25, -0.2) is 0 Å². The molecule has 0 saturated heterocycles. The van der Waals surface area contributed by atoms with E-state index in [-0.39, 0.29) is 36.2 Å². The average Bonchev–Trinajstić information content (AvgIpc) is 3.55. The highest BCUT2D eigenvalue weighted by atomic mass is 35.5. The van der Waals surface area contributed by atoms with Crippen LogP contribution in [0.25, 0.3) is 0 Å². The maximum absolute atomic E-state index is 13.8. The Balaban J connectivity index is 1.55. The summed E-state index contributed by atoms with van der Waals surface area (Å²) in [5.41, 5.74) is 2.09. The van der Waals surface area contributed by atoms with Crippen LogP contribution in [0.15, 0.2) is 65.4 Å². The molecule has 0 radical (unpaired) electrons. The number of benzene rings is 1. The molecule has 1 aliphatic rings. The van der Waals surface area contributed by atoms with Crippen LogP contribution >= 0.6 is 11.6 Å². The third kappa shape index (κ3) is 6.17. The van der Waals surface area contributed by atoms with E-state index < -0.39 is 0 Å². The smallest absolute Gasteiger partial charge is 0.290 e. The van der Waals surface area contributed by atoms with Crippen LogP contribution in [0.5, 0.6) is 0 Å². The minimum absolute atomic E-state index is 0.0267. The molecule has 0 bridgehead atoms. The second-order valence-electron chi connectivity index (χ2n) is 9.54. The van der Waals surface area contributed by atoms with E-state index in [4.69, 9.17) is 16.0 Å². The molecule has 0 unspecified atom stereocenters. The molecule has 35 heavy (non-hydrogen) atoms. The highest BCUT2D eigenvalue weighted by molar-refractivity contribution is 6.31. The third-order valence-electron chi connectivity index (χ3n) is 6.81. The van der Waals surface area contributed by atoms with Crippen LogP contribution < -0.4 is 0 Å². The van der Waals surface area contributed by atoms with Crippen molar-refractivity contribution in [3.05, 3.63) is 83.0 Å². The Labute approximate surface area is 212 Å². The SMILES string of the molecule is CC(C)N(CC(=O)N(Cc1cccn1Cc1ccccc1Cl)C1CCCCC1)C(=O)c1ccco1. The van der Waals surface area contributed by atoms with Crippen molar-refractivity contribution in [2.24, 2.45) is 0 Å². The van der Waals surface area contributed by atoms with E-state index >= 15 is 0 Å². The summed E-state index contributed by atoms with van der Waals surface area (Å²) in [6.07, 6.45) is 8.94. The lowest BCUT2D eigenvalue weighted by Crippen LogP contribution is -2.49. The lowest BCUT2D eigenvalue weighted by atomic mass is 9.94. The number of aromatic nitrogens is 1. The summed E-state index contributed by atoms with van der Waals surface area (Å²) >= 11 is 6.41. The molecule has 2 aromatic heterocycles. The van der Waals surface area contributed by atoms with Gasteiger partial charge >= 0.3 is 0 Å². The Kier molecular flexibility index (Phi) is 8.34. The third-order valence-corrected chi connectivity index (χ3v) is 7.18. The van der Waals surface area contributed by atoms with E-state index in [1.165, 1.54) is 12.7 Å². The monoisotopic (exact) mass is 495 g/mol. The standard InChI is InChI=1S/C28H34ClN3O3/c1-21(2)31(28(34)26-15-9-17-35-26)20-27(33)32(23-11-4-3-5-12-23)19-24-13-8-16-30(24)18-22-10-6-7-14-25(22)29/h6-10,13-17,21,23H,3-5,11-12,18-20H2,1-2H3. The molecule has 2 heterocycles. The predicted molar refractivity (Wildman–Crippen MR) is 137 cm³/mol. The first-order valence-electron chi connectivity index (χ1n) is 12.5. The molecule has 4 rings (SSSR count). The molecule has 0 atom stereocenters. The van der Waals surface area contributed by atoms with Crippen molar-refractivity contribution in [3.8, 4) is 0 Å². The molecule has 0 spiro atoms. The van der Waals surface area contributed by atoms with Crippen molar-refractivity contribution in [2.75, 3.05) is 6.54 Å². The summed E-state index contributed by atoms with van der Waals surface area (Å²) in [6.45, 7) is 5.02. The molecule has 0 aliphatic heterocycles. The number of hydrogen-bond donors (Lipinski definition) is 0. The zero-order chi connectivity index (χ0) is 24.8. The number of furan rings is 1. The molecule has 6 nitrogen and oxygen atoms in total. The maximum atomic E-state index is 13.8. The van der Waals surface area contributed by atoms with E-state index in [2.05, 4.69) is 10.6 Å². The van der Waals surface area contributed by atoms with Crippen LogP contribution in [0.2, 0.25) is 5.02 Å². The molecular weight excluding hydrogens is 462 g/mol. The number of halogens is 1. The Hall–Kier alpha value is -2.99. The highest BCUT2D eigenvalue weighted by Gasteiger charge is 2.30. The Morgan fingerprint density at radius 3 is 2.51 bits per heavy atom. The van der Waals surface area contributed by atoms with Crippen LogP contribution in [0.1, 0.15) is 67.8 Å². The van der Waals surface area contributed by atoms with E-state index in [0.29, 0.717) is 13.1 Å². The summed E-state index contributed by atoms with van der Waals surface area (Å²) in [5.74, 6) is -0.0376. The Bertz CT molecular complexity index is 1120. The minimum Gasteiger partial charge on any atom is -0.459 e. The van der Waals surface area contributed by atoms with Crippen LogP contribution in [0, 0.1) is 0 Å². The summed E-state index contributed by atoms with van der Waals surface area (Å²) < 4.78 is 7.47. The minimum atomic E-state index is -0.260. The van der Waals surface area contributed by atoms with Gasteiger partial charge in [-0.3, -0.25) is 9.59 Å². The van der Waals surface area contributed by atoms with Gasteiger partial charge in [0.25, 0.3) is 5.91 Å². The van der Waals surface area contributed by atoms with Crippen LogP contribution in [-0.4, -0.2) is 44.8 Å². The number of amides is 2. The van der Waals surface area contributed by atoms with Gasteiger partial charge in [0.15, 0.2) is 5.76 Å². The van der Waals surface area contributed by atoms with Crippen molar-refractivity contribution in [3.63, 3.8) is 0 Å². The van der Waals surface area contributed by atoms with Gasteiger partial charge in [-0.1, -0.05) is 49.1 Å². The summed E-state index contributed by atoms with van der Waals surface area (Å²) in [4.78, 5) is 30.4. The fraction of sp³-hybridized carbons (Fsp3) is 0.429. The topological polar surface area (TPSA) is 58.7 Å². The first-order chi connectivity index (χ1) is 16.9. The zero-order valence-electron chi connectivity index (χ0n) is 20.5. The lowest BCUT2D eigenvalue weighted by molar-refractivity contribution is -0.136. The van der Waals surface area contributed by atoms with Gasteiger partial charge in [0.1, 0.15) is 6.54 Å². The van der Waals surface area contributed by atoms with E-state index in [1.54, 1.807) is 17.0 Å². The number of carbonyl (C=O) groups excluding carboxylic acids is 2. The van der Waals surface area contributed by atoms with Gasteiger partial charge in [0, 0.05) is 35.5 Å². The summed E-state index contributed by atoms with van der Waals surface area (Å²) in [7, 11) is 0. The number of carbonyl (C=O) groups is 2. The fourth-order valence-corrected chi connectivity index (χ4v) is 5.01. The van der Waals surface area contributed by atoms with Gasteiger partial charge < -0.3 is 18.8 Å². The van der Waals surface area contributed by atoms with Crippen LogP contribution in [0.4, 0.5) is 0 Å². The predicted octanol–water partition coefficient (Wildman–Crippen LogP) is 5.99. The van der Waals surface area contributed by atoms with Crippen LogP contribution in [-0.2, 0) is 17.9 Å². The number of nitrogens with zero attached hydrogens (tertiary/aromatic N) is 3. The second kappa shape index (κ2) is 11.6. The van der Waals surface area contributed by atoms with Gasteiger partial charge in [-0.2, -0.15) is 0 Å². The van der Waals surface area contributed by atoms with Crippen molar-refractivity contribution >= 4 is 23.4 Å². The van der Waals surface area contributed by atoms with Gasteiger partial charge in [0.05, 0.1) is 12.8 Å². The first kappa shape index (κ1) is 25.1. The fourth-order valence-electron chi connectivity index (χ4n) is 4.81. The van der Waals surface area contributed by atoms with Crippen molar-refractivity contribution in [2.45, 2.75) is 71.1 Å². The van der Waals surface area contributed by atoms with Crippen molar-refractivity contribution < 1.29 is 14.0 Å². The number of rotatable bonds is 9. The largest absolute Gasteiger partial charge is 0.459 e. The van der Waals surface area contributed by atoms with E-state index in [1.807, 2.05) is 55.3 Å². The average molecular weight is 496 g/mol. The van der Waals surface area contributed by atoms with Crippen molar-refractivity contribution in [1.29, 1.82) is 0 Å². The van der Waals surface area contributed by atoms with E-state index in [9.17, 15) is 9.59 Å². The second-order valence-corrected chi connectivity index (χ2v) is 9.94. The quantitative estimate of drug-likeness (QED) is 0.366. The molecule has 1 aromatic carbocycles. The molecule has 7 heteroatoms. The van der Waals surface area contributed by atoms with Gasteiger partial charge in [0.2, 0.25) is 5.91 Å². The zero-order valence-corrected chi connectivity index (χ0v) is 21.3. The molecule has 2 amide bonds. The maximum Gasteiger partial charge on any atom is 0.290 e. The van der Waals surface area contributed by atoms with Crippen LogP contribution in [0.3, 0.4) is 0 Å². The molecule has 0 N–H and O–H groups in total. The van der Waals surface area contributed by atoms with Crippen molar-refractivity contribution in [1.82, 2.24) is 14.4 Å². The van der Waals surface area contributed by atoms with Gasteiger partial charge in [-0.15, -0.1) is 0 Å². The summed E-state index contributed by atoms with van der Waals surface area (Å²) in [5, 5.41) is 0.733. The summed E-state index contributed by atoms with van der Waals surface area (Å²) in [6, 6.07) is 15.3. The van der Waals surface area contributed by atoms with Gasteiger partial charge in [-0.05, 0) is 62.6 Å². The number of hydrogen-bond acceptors (Lipinski definition) is 3. The molecule has 1 aliphatic carbocycles. The first-order valence-corrected chi connectivity index (χ1v) is 12.8. The normalized spacial score (nSPS) is 14.3. The molecule has 3 aromatic rings. The lowest BCUT2D eigenvalue weighted by Gasteiger charge is -2.36. The Morgan fingerprint density at radius 2 is 1.83 bits per heavy atom. The molecular formula is C28H34ClN3O3. The Morgan fingerprint density at radius 1 is 1.06 bits per heavy atom.